The Kier molecular flexibility index (Phi) is 6.05. The van der Waals surface area contributed by atoms with Crippen molar-refractivity contribution in [3.8, 4) is 0 Å². The van der Waals surface area contributed by atoms with Gasteiger partial charge in [-0.25, -0.2) is 13.1 Å². The molecule has 0 spiro atoms. The number of carbonyl (C=O) groups is 1. The number of carbonyl (C=O) groups excluding carboxylic acids is 1. The number of rotatable bonds is 7. The van der Waals surface area contributed by atoms with E-state index in [0.717, 1.165) is 16.0 Å². The number of thiophene rings is 1. The minimum atomic E-state index is -3.69. The third-order valence-corrected chi connectivity index (χ3v) is 6.40. The number of benzene rings is 2. The Bertz CT molecular complexity index is 1030. The highest BCUT2D eigenvalue weighted by Crippen LogP contribution is 2.14. The van der Waals surface area contributed by atoms with Gasteiger partial charge < -0.3 is 5.32 Å². The second kappa shape index (κ2) is 8.47. The minimum Gasteiger partial charge on any atom is -0.348 e. The molecular weight excluding hydrogens is 380 g/mol. The standard InChI is InChI=1S/C20H20N2O3S2/c1-15-6-2-3-7-17(15)13-21-20(23)16-8-4-10-19(12-16)27(24,25)22-14-18-9-5-11-26-18/h2-12,22H,13-14H2,1H3,(H,21,23). The van der Waals surface area contributed by atoms with E-state index in [2.05, 4.69) is 10.0 Å². The van der Waals surface area contributed by atoms with Gasteiger partial charge in [-0.1, -0.05) is 36.4 Å². The first-order valence-electron chi connectivity index (χ1n) is 8.40. The molecule has 0 aliphatic carbocycles. The van der Waals surface area contributed by atoms with Gasteiger partial charge in [-0.2, -0.15) is 0 Å². The smallest absolute Gasteiger partial charge is 0.251 e. The van der Waals surface area contributed by atoms with E-state index in [4.69, 9.17) is 0 Å². The molecule has 0 saturated carbocycles. The van der Waals surface area contributed by atoms with Gasteiger partial charge in [0, 0.05) is 23.5 Å². The fraction of sp³-hybridized carbons (Fsp3) is 0.150. The zero-order chi connectivity index (χ0) is 19.3. The van der Waals surface area contributed by atoms with Crippen molar-refractivity contribution in [3.05, 3.63) is 87.6 Å². The highest BCUT2D eigenvalue weighted by Gasteiger charge is 2.16. The van der Waals surface area contributed by atoms with Crippen LogP contribution in [0.4, 0.5) is 0 Å². The van der Waals surface area contributed by atoms with Gasteiger partial charge in [-0.15, -0.1) is 11.3 Å². The third kappa shape index (κ3) is 5.03. The summed E-state index contributed by atoms with van der Waals surface area (Å²) < 4.78 is 27.5. The van der Waals surface area contributed by atoms with Crippen molar-refractivity contribution < 1.29 is 13.2 Å². The minimum absolute atomic E-state index is 0.0718. The molecule has 5 nitrogen and oxygen atoms in total. The van der Waals surface area contributed by atoms with E-state index >= 15 is 0 Å². The zero-order valence-corrected chi connectivity index (χ0v) is 16.4. The van der Waals surface area contributed by atoms with Crippen LogP contribution in [-0.4, -0.2) is 14.3 Å². The van der Waals surface area contributed by atoms with Gasteiger partial charge in [-0.05, 0) is 47.7 Å². The van der Waals surface area contributed by atoms with Crippen molar-refractivity contribution in [1.29, 1.82) is 0 Å². The molecule has 0 aliphatic heterocycles. The Balaban J connectivity index is 1.68. The van der Waals surface area contributed by atoms with Crippen molar-refractivity contribution in [2.75, 3.05) is 0 Å². The molecule has 0 aliphatic rings. The molecule has 0 saturated heterocycles. The lowest BCUT2D eigenvalue weighted by Crippen LogP contribution is -2.25. The molecule has 0 unspecified atom stereocenters. The van der Waals surface area contributed by atoms with E-state index < -0.39 is 10.0 Å². The Morgan fingerprint density at radius 2 is 1.81 bits per heavy atom. The van der Waals surface area contributed by atoms with Crippen LogP contribution in [0.25, 0.3) is 0 Å². The Hall–Kier alpha value is -2.48. The molecule has 7 heteroatoms. The summed E-state index contributed by atoms with van der Waals surface area (Å²) in [6.45, 7) is 2.59. The summed E-state index contributed by atoms with van der Waals surface area (Å²) in [7, 11) is -3.69. The van der Waals surface area contributed by atoms with Gasteiger partial charge >= 0.3 is 0 Å². The van der Waals surface area contributed by atoms with Gasteiger partial charge in [0.2, 0.25) is 10.0 Å². The van der Waals surface area contributed by atoms with Crippen LogP contribution in [0.5, 0.6) is 0 Å². The van der Waals surface area contributed by atoms with Crippen LogP contribution >= 0.6 is 11.3 Å². The quantitative estimate of drug-likeness (QED) is 0.638. The normalized spacial score (nSPS) is 11.3. The van der Waals surface area contributed by atoms with Gasteiger partial charge in [0.1, 0.15) is 0 Å². The fourth-order valence-corrected chi connectivity index (χ4v) is 4.34. The Labute approximate surface area is 163 Å². The van der Waals surface area contributed by atoms with Gasteiger partial charge in [0.05, 0.1) is 4.90 Å². The molecule has 0 atom stereocenters. The van der Waals surface area contributed by atoms with E-state index in [-0.39, 0.29) is 17.3 Å². The van der Waals surface area contributed by atoms with E-state index in [1.165, 1.54) is 23.5 Å². The molecule has 3 rings (SSSR count). The van der Waals surface area contributed by atoms with Gasteiger partial charge in [0.15, 0.2) is 0 Å². The first-order valence-corrected chi connectivity index (χ1v) is 10.8. The lowest BCUT2D eigenvalue weighted by molar-refractivity contribution is 0.0950. The molecule has 0 fully saturated rings. The summed E-state index contributed by atoms with van der Waals surface area (Å²) in [6, 6.07) is 17.6. The van der Waals surface area contributed by atoms with Crippen LogP contribution < -0.4 is 10.0 Å². The number of amides is 1. The summed E-state index contributed by atoms with van der Waals surface area (Å²) in [6.07, 6.45) is 0. The maximum atomic E-state index is 12.5. The molecule has 140 valence electrons. The molecule has 0 bridgehead atoms. The molecule has 3 aromatic rings. The Morgan fingerprint density at radius 3 is 2.56 bits per heavy atom. The topological polar surface area (TPSA) is 75.3 Å². The number of sulfonamides is 1. The zero-order valence-electron chi connectivity index (χ0n) is 14.8. The van der Waals surface area contributed by atoms with Crippen LogP contribution in [0.3, 0.4) is 0 Å². The number of hydrogen-bond acceptors (Lipinski definition) is 4. The van der Waals surface area contributed by atoms with Crippen LogP contribution in [0, 0.1) is 6.92 Å². The molecule has 1 heterocycles. The van der Waals surface area contributed by atoms with Gasteiger partial charge in [-0.3, -0.25) is 4.79 Å². The van der Waals surface area contributed by atoms with E-state index in [0.29, 0.717) is 12.1 Å². The number of hydrogen-bond donors (Lipinski definition) is 2. The van der Waals surface area contributed by atoms with Crippen LogP contribution in [0.15, 0.2) is 70.9 Å². The SMILES string of the molecule is Cc1ccccc1CNC(=O)c1cccc(S(=O)(=O)NCc2cccs2)c1. The second-order valence-electron chi connectivity index (χ2n) is 6.04. The van der Waals surface area contributed by atoms with Gasteiger partial charge in [0.25, 0.3) is 5.91 Å². The average Bonchev–Trinajstić information content (AvgIpc) is 3.19. The van der Waals surface area contributed by atoms with Crippen molar-refractivity contribution >= 4 is 27.3 Å². The third-order valence-electron chi connectivity index (χ3n) is 4.12. The first-order chi connectivity index (χ1) is 13.0. The van der Waals surface area contributed by atoms with Crippen molar-refractivity contribution in [2.24, 2.45) is 0 Å². The highest BCUT2D eigenvalue weighted by atomic mass is 32.2. The molecule has 1 amide bonds. The number of nitrogens with one attached hydrogen (secondary N) is 2. The summed E-state index contributed by atoms with van der Waals surface area (Å²) in [5.41, 5.74) is 2.42. The van der Waals surface area contributed by atoms with E-state index in [1.54, 1.807) is 12.1 Å². The summed E-state index contributed by atoms with van der Waals surface area (Å²) >= 11 is 1.48. The lowest BCUT2D eigenvalue weighted by Gasteiger charge is -2.10. The van der Waals surface area contributed by atoms with E-state index in [1.807, 2.05) is 48.7 Å². The summed E-state index contributed by atoms with van der Waals surface area (Å²) in [5, 5.41) is 4.73. The van der Waals surface area contributed by atoms with Crippen LogP contribution in [-0.2, 0) is 23.1 Å². The second-order valence-corrected chi connectivity index (χ2v) is 8.84. The van der Waals surface area contributed by atoms with Crippen LogP contribution in [0.1, 0.15) is 26.4 Å². The molecule has 1 aromatic heterocycles. The molecule has 2 aromatic carbocycles. The lowest BCUT2D eigenvalue weighted by atomic mass is 10.1. The fourth-order valence-electron chi connectivity index (χ4n) is 2.55. The Morgan fingerprint density at radius 1 is 1.00 bits per heavy atom. The van der Waals surface area contributed by atoms with Crippen molar-refractivity contribution in [2.45, 2.75) is 24.9 Å². The monoisotopic (exact) mass is 400 g/mol. The highest BCUT2D eigenvalue weighted by molar-refractivity contribution is 7.89. The summed E-state index contributed by atoms with van der Waals surface area (Å²) in [4.78, 5) is 13.4. The maximum absolute atomic E-state index is 12.5. The van der Waals surface area contributed by atoms with Crippen molar-refractivity contribution in [1.82, 2.24) is 10.0 Å². The molecule has 27 heavy (non-hydrogen) atoms. The predicted octanol–water partition coefficient (Wildman–Crippen LogP) is 3.47. The summed E-state index contributed by atoms with van der Waals surface area (Å²) in [5.74, 6) is -0.312. The molecule has 0 radical (unpaired) electrons. The largest absolute Gasteiger partial charge is 0.348 e. The van der Waals surface area contributed by atoms with Crippen LogP contribution in [0.2, 0.25) is 0 Å². The predicted molar refractivity (Wildman–Crippen MR) is 107 cm³/mol. The maximum Gasteiger partial charge on any atom is 0.251 e. The average molecular weight is 401 g/mol. The first kappa shape index (κ1) is 19.3. The van der Waals surface area contributed by atoms with Crippen molar-refractivity contribution in [3.63, 3.8) is 0 Å². The molecule has 2 N–H and O–H groups in total. The van der Waals surface area contributed by atoms with E-state index in [9.17, 15) is 13.2 Å². The number of aryl methyl sites for hydroxylation is 1. The molecular formula is C20H20N2O3S2.